The first-order valence-electron chi connectivity index (χ1n) is 9.88. The summed E-state index contributed by atoms with van der Waals surface area (Å²) in [7, 11) is 1.75. The molecule has 0 amide bonds. The van der Waals surface area contributed by atoms with Crippen LogP contribution < -0.4 is 4.72 Å². The highest BCUT2D eigenvalue weighted by Gasteiger charge is 2.44. The smallest absolute Gasteiger partial charge is 0.185 e. The number of rotatable bonds is 3. The molecule has 0 bridgehead atoms. The van der Waals surface area contributed by atoms with Gasteiger partial charge in [0.25, 0.3) is 0 Å². The summed E-state index contributed by atoms with van der Waals surface area (Å²) in [5.41, 5.74) is 4.89. The van der Waals surface area contributed by atoms with Crippen molar-refractivity contribution in [3.8, 4) is 11.1 Å². The maximum Gasteiger partial charge on any atom is 0.185 e. The van der Waals surface area contributed by atoms with Crippen molar-refractivity contribution in [1.82, 2.24) is 4.72 Å². The quantitative estimate of drug-likeness (QED) is 0.437. The summed E-state index contributed by atoms with van der Waals surface area (Å²) >= 11 is 7.27. The minimum absolute atomic E-state index is 0.254. The number of ether oxygens (including phenoxy) is 1. The van der Waals surface area contributed by atoms with Crippen LogP contribution in [0.2, 0.25) is 5.02 Å². The van der Waals surface area contributed by atoms with Crippen LogP contribution in [0.5, 0.6) is 0 Å². The molecule has 1 heterocycles. The van der Waals surface area contributed by atoms with Crippen LogP contribution in [-0.4, -0.2) is 23.9 Å². The molecule has 6 heteroatoms. The average Bonchev–Trinajstić information content (AvgIpc) is 2.72. The van der Waals surface area contributed by atoms with Crippen LogP contribution in [0.3, 0.4) is 0 Å². The van der Waals surface area contributed by atoms with Crippen LogP contribution in [-0.2, 0) is 8.92 Å². The van der Waals surface area contributed by atoms with Gasteiger partial charge in [-0.3, -0.25) is 0 Å². The second kappa shape index (κ2) is 8.23. The van der Waals surface area contributed by atoms with E-state index in [1.165, 1.54) is 17.8 Å². The molecule has 0 aromatic heterocycles. The lowest BCUT2D eigenvalue weighted by atomic mass is 9.78. The van der Waals surface area contributed by atoms with Crippen LogP contribution in [0, 0.1) is 13.8 Å². The van der Waals surface area contributed by atoms with E-state index in [1.54, 1.807) is 7.11 Å². The highest BCUT2D eigenvalue weighted by atomic mass is 35.5. The molecule has 1 spiro atoms. The summed E-state index contributed by atoms with van der Waals surface area (Å²) in [4.78, 5) is 0. The van der Waals surface area contributed by atoms with Crippen molar-refractivity contribution in [2.45, 2.75) is 51.2 Å². The van der Waals surface area contributed by atoms with E-state index in [0.29, 0.717) is 16.5 Å². The van der Waals surface area contributed by atoms with Crippen molar-refractivity contribution in [2.75, 3.05) is 7.11 Å². The van der Waals surface area contributed by atoms with Gasteiger partial charge in [0.2, 0.25) is 0 Å². The largest absolute Gasteiger partial charge is 0.507 e. The molecular weight excluding hydrogens is 406 g/mol. The van der Waals surface area contributed by atoms with Crippen molar-refractivity contribution >= 4 is 29.6 Å². The molecule has 2 aliphatic rings. The molecule has 2 aromatic carbocycles. The Hall–Kier alpha value is -1.66. The van der Waals surface area contributed by atoms with Crippen LogP contribution >= 0.6 is 23.8 Å². The maximum absolute atomic E-state index is 11.3. The van der Waals surface area contributed by atoms with E-state index in [2.05, 4.69) is 30.7 Å². The average molecular weight is 432 g/mol. The maximum atomic E-state index is 11.3. The molecule has 1 aliphatic heterocycles. The summed E-state index contributed by atoms with van der Waals surface area (Å²) in [6.45, 7) is 4.15. The number of methoxy groups -OCH3 is 1. The van der Waals surface area contributed by atoms with Crippen LogP contribution in [0.4, 0.5) is 0 Å². The third-order valence-electron chi connectivity index (χ3n) is 6.12. The van der Waals surface area contributed by atoms with E-state index in [0.717, 1.165) is 47.9 Å². The van der Waals surface area contributed by atoms with E-state index in [1.807, 2.05) is 24.3 Å². The topological polar surface area (TPSA) is 50.7 Å². The van der Waals surface area contributed by atoms with Gasteiger partial charge in [-0.15, -0.1) is 0 Å². The molecule has 0 atom stereocenters. The third-order valence-corrected chi connectivity index (χ3v) is 7.10. The molecule has 4 rings (SSSR count). The summed E-state index contributed by atoms with van der Waals surface area (Å²) in [5, 5.41) is 12.0. The van der Waals surface area contributed by atoms with E-state index in [-0.39, 0.29) is 6.10 Å². The molecule has 1 aliphatic carbocycles. The van der Waals surface area contributed by atoms with Crippen LogP contribution in [0.15, 0.2) is 42.2 Å². The summed E-state index contributed by atoms with van der Waals surface area (Å²) in [5.74, 6) is 0.845. The summed E-state index contributed by atoms with van der Waals surface area (Å²) in [6.07, 6.45) is 3.69. The van der Waals surface area contributed by atoms with Crippen molar-refractivity contribution in [2.24, 2.45) is 0 Å². The Bertz CT molecular complexity index is 934. The van der Waals surface area contributed by atoms with Gasteiger partial charge in [0, 0.05) is 17.7 Å². The number of aryl methyl sites for hydroxylation is 2. The molecule has 4 nitrogen and oxygen atoms in total. The number of benzene rings is 2. The number of hydrogen-bond acceptors (Lipinski definition) is 5. The minimum atomic E-state index is -0.467. The normalized spacial score (nSPS) is 24.6. The standard InChI is InChI=1S/C23H26ClNO3S/c1-14-12-15(2)20(13-19(14)16-4-6-17(24)7-5-16)21-22(26)23(25-29-28-21)10-8-18(27-3)9-11-23/h4-7,12-13,18,25-26H,8-11H2,1-3H3. The third kappa shape index (κ3) is 3.89. The SMILES string of the molecule is COC1CCC2(CC1)NSOC(c1cc(-c3ccc(Cl)cc3)c(C)cc1C)=C2O. The van der Waals surface area contributed by atoms with Crippen molar-refractivity contribution < 1.29 is 14.0 Å². The van der Waals surface area contributed by atoms with Crippen molar-refractivity contribution in [3.05, 3.63) is 63.9 Å². The molecular formula is C23H26ClNO3S. The van der Waals surface area contributed by atoms with Gasteiger partial charge in [0.05, 0.1) is 11.6 Å². The van der Waals surface area contributed by atoms with Gasteiger partial charge >= 0.3 is 0 Å². The molecule has 1 fully saturated rings. The number of nitrogens with one attached hydrogen (secondary N) is 1. The van der Waals surface area contributed by atoms with E-state index in [4.69, 9.17) is 20.5 Å². The lowest BCUT2D eigenvalue weighted by Crippen LogP contribution is -2.49. The van der Waals surface area contributed by atoms with Gasteiger partial charge in [-0.05, 0) is 80.0 Å². The van der Waals surface area contributed by atoms with E-state index in [9.17, 15) is 5.11 Å². The first-order chi connectivity index (χ1) is 13.9. The summed E-state index contributed by atoms with van der Waals surface area (Å²) < 4.78 is 14.7. The lowest BCUT2D eigenvalue weighted by Gasteiger charge is -2.42. The molecule has 29 heavy (non-hydrogen) atoms. The fourth-order valence-electron chi connectivity index (χ4n) is 4.32. The van der Waals surface area contributed by atoms with Gasteiger partial charge in [0.15, 0.2) is 11.5 Å². The van der Waals surface area contributed by atoms with Crippen LogP contribution in [0.25, 0.3) is 16.9 Å². The van der Waals surface area contributed by atoms with Crippen molar-refractivity contribution in [3.63, 3.8) is 0 Å². The molecule has 0 unspecified atom stereocenters. The zero-order valence-electron chi connectivity index (χ0n) is 16.9. The van der Waals surface area contributed by atoms with Gasteiger partial charge in [-0.25, -0.2) is 4.72 Å². The first-order valence-corrected chi connectivity index (χ1v) is 11.0. The van der Waals surface area contributed by atoms with Gasteiger partial charge < -0.3 is 14.0 Å². The highest BCUT2D eigenvalue weighted by Crippen LogP contribution is 2.44. The predicted molar refractivity (Wildman–Crippen MR) is 120 cm³/mol. The number of aliphatic hydroxyl groups excluding tert-OH is 1. The zero-order valence-corrected chi connectivity index (χ0v) is 18.5. The second-order valence-electron chi connectivity index (χ2n) is 7.95. The molecule has 2 aromatic rings. The zero-order chi connectivity index (χ0) is 20.6. The predicted octanol–water partition coefficient (Wildman–Crippen LogP) is 6.36. The Kier molecular flexibility index (Phi) is 5.85. The van der Waals surface area contributed by atoms with Gasteiger partial charge in [0.1, 0.15) is 12.2 Å². The van der Waals surface area contributed by atoms with Crippen molar-refractivity contribution in [1.29, 1.82) is 0 Å². The molecule has 1 saturated carbocycles. The lowest BCUT2D eigenvalue weighted by molar-refractivity contribution is 0.0442. The number of halogens is 1. The Morgan fingerprint density at radius 1 is 1.10 bits per heavy atom. The van der Waals surface area contributed by atoms with E-state index >= 15 is 0 Å². The number of hydrogen-bond donors (Lipinski definition) is 2. The Morgan fingerprint density at radius 2 is 1.76 bits per heavy atom. The molecule has 154 valence electrons. The second-order valence-corrected chi connectivity index (χ2v) is 8.93. The summed E-state index contributed by atoms with van der Waals surface area (Å²) in [6, 6.07) is 12.1. The Labute approximate surface area is 181 Å². The van der Waals surface area contributed by atoms with Crippen LogP contribution in [0.1, 0.15) is 42.4 Å². The molecule has 0 saturated heterocycles. The molecule has 2 N–H and O–H groups in total. The number of aliphatic hydroxyl groups is 1. The van der Waals surface area contributed by atoms with E-state index < -0.39 is 5.54 Å². The molecule has 0 radical (unpaired) electrons. The Balaban J connectivity index is 1.76. The fourth-order valence-corrected chi connectivity index (χ4v) is 5.20. The minimum Gasteiger partial charge on any atom is -0.507 e. The fraction of sp³-hybridized carbons (Fsp3) is 0.391. The first kappa shape index (κ1) is 20.6. The van der Waals surface area contributed by atoms with Gasteiger partial charge in [-0.2, -0.15) is 0 Å². The highest BCUT2D eigenvalue weighted by molar-refractivity contribution is 7.93. The monoisotopic (exact) mass is 431 g/mol. The Morgan fingerprint density at radius 3 is 2.41 bits per heavy atom. The van der Waals surface area contributed by atoms with Gasteiger partial charge in [-0.1, -0.05) is 29.8 Å².